The molecule has 3 aromatic carbocycles. The molecule has 0 unspecified atom stereocenters. The lowest BCUT2D eigenvalue weighted by Crippen LogP contribution is -2.36. The molecule has 0 fully saturated rings. The molecule has 2 N–H and O–H groups in total. The number of anilines is 1. The van der Waals surface area contributed by atoms with Gasteiger partial charge in [0.1, 0.15) is 0 Å². The van der Waals surface area contributed by atoms with Crippen molar-refractivity contribution >= 4 is 39.1 Å². The van der Waals surface area contributed by atoms with E-state index in [1.807, 2.05) is 18.2 Å². The predicted molar refractivity (Wildman–Crippen MR) is 132 cm³/mol. The highest BCUT2D eigenvalue weighted by molar-refractivity contribution is 7.92. The van der Waals surface area contributed by atoms with Gasteiger partial charge in [-0.1, -0.05) is 48.0 Å². The minimum Gasteiger partial charge on any atom is -0.350 e. The number of halogens is 1. The molecular formula is C25H24ClN3O4S. The van der Waals surface area contributed by atoms with Gasteiger partial charge >= 0.3 is 0 Å². The van der Waals surface area contributed by atoms with Gasteiger partial charge in [-0.05, 0) is 54.8 Å². The lowest BCUT2D eigenvalue weighted by Gasteiger charge is -2.30. The second kappa shape index (κ2) is 10.3. The van der Waals surface area contributed by atoms with Crippen molar-refractivity contribution in [2.45, 2.75) is 17.7 Å². The number of benzene rings is 3. The maximum absolute atomic E-state index is 13.4. The van der Waals surface area contributed by atoms with E-state index in [1.54, 1.807) is 42.5 Å². The van der Waals surface area contributed by atoms with Crippen LogP contribution in [0.4, 0.5) is 5.69 Å². The summed E-state index contributed by atoms with van der Waals surface area (Å²) in [4.78, 5) is 24.9. The zero-order valence-electron chi connectivity index (χ0n) is 18.3. The number of carbonyl (C=O) groups excluding carboxylic acids is 2. The van der Waals surface area contributed by atoms with E-state index in [4.69, 9.17) is 11.6 Å². The number of nitrogens with zero attached hydrogens (tertiary/aromatic N) is 1. The summed E-state index contributed by atoms with van der Waals surface area (Å²) in [6.45, 7) is 0.755. The number of fused-ring (bicyclic) bond motifs is 1. The number of aryl methyl sites for hydroxylation is 1. The number of para-hydroxylation sites is 1. The Hall–Kier alpha value is -3.36. The number of nitrogens with one attached hydrogen (secondary N) is 2. The summed E-state index contributed by atoms with van der Waals surface area (Å²) in [5.41, 5.74) is 2.25. The van der Waals surface area contributed by atoms with Crippen LogP contribution in [0.15, 0.2) is 77.7 Å². The number of sulfonamides is 1. The molecule has 0 bridgehead atoms. The molecule has 0 radical (unpaired) electrons. The summed E-state index contributed by atoms with van der Waals surface area (Å²) in [6, 6.07) is 20.1. The summed E-state index contributed by atoms with van der Waals surface area (Å²) in [7, 11) is -3.82. The van der Waals surface area contributed by atoms with Crippen LogP contribution in [0.3, 0.4) is 0 Å². The molecule has 9 heteroatoms. The Morgan fingerprint density at radius 3 is 2.38 bits per heavy atom. The van der Waals surface area contributed by atoms with E-state index in [9.17, 15) is 18.0 Å². The van der Waals surface area contributed by atoms with Gasteiger partial charge in [-0.25, -0.2) is 8.42 Å². The third kappa shape index (κ3) is 5.08. The second-order valence-electron chi connectivity index (χ2n) is 7.83. The van der Waals surface area contributed by atoms with E-state index in [0.717, 1.165) is 18.4 Å². The Morgan fingerprint density at radius 2 is 1.59 bits per heavy atom. The lowest BCUT2D eigenvalue weighted by molar-refractivity contribution is 0.0927. The lowest BCUT2D eigenvalue weighted by atomic mass is 10.0. The third-order valence-corrected chi connectivity index (χ3v) is 7.71. The molecule has 34 heavy (non-hydrogen) atoms. The average molecular weight is 498 g/mol. The minimum absolute atomic E-state index is 0.0591. The zero-order valence-corrected chi connectivity index (χ0v) is 19.9. The van der Waals surface area contributed by atoms with Crippen LogP contribution in [-0.2, 0) is 16.4 Å². The maximum atomic E-state index is 13.4. The van der Waals surface area contributed by atoms with Gasteiger partial charge in [0.25, 0.3) is 21.8 Å². The third-order valence-electron chi connectivity index (χ3n) is 5.57. The molecule has 7 nitrogen and oxygen atoms in total. The first-order valence-corrected chi connectivity index (χ1v) is 12.7. The number of hydrogen-bond donors (Lipinski definition) is 2. The first kappa shape index (κ1) is 23.8. The number of carbonyl (C=O) groups is 2. The first-order valence-electron chi connectivity index (χ1n) is 10.9. The molecule has 0 spiro atoms. The van der Waals surface area contributed by atoms with Crippen molar-refractivity contribution in [3.63, 3.8) is 0 Å². The highest BCUT2D eigenvalue weighted by atomic mass is 35.5. The molecule has 0 atom stereocenters. The zero-order chi connectivity index (χ0) is 24.1. The molecule has 1 heterocycles. The number of hydrogen-bond acceptors (Lipinski definition) is 4. The van der Waals surface area contributed by atoms with Crippen molar-refractivity contribution in [1.29, 1.82) is 0 Å². The van der Waals surface area contributed by atoms with Crippen LogP contribution in [0, 0.1) is 0 Å². The fourth-order valence-corrected chi connectivity index (χ4v) is 5.68. The monoisotopic (exact) mass is 497 g/mol. The van der Waals surface area contributed by atoms with Gasteiger partial charge in [0, 0.05) is 25.2 Å². The van der Waals surface area contributed by atoms with Crippen molar-refractivity contribution in [2.75, 3.05) is 23.9 Å². The Kier molecular flexibility index (Phi) is 7.19. The van der Waals surface area contributed by atoms with Gasteiger partial charge in [0.05, 0.1) is 21.2 Å². The Bertz CT molecular complexity index is 1330. The molecule has 3 aromatic rings. The maximum Gasteiger partial charge on any atom is 0.264 e. The standard InChI is InChI=1S/C25H24ClN3O4S/c26-22-12-3-2-11-21(22)25(31)28-15-14-27-24(30)19-8-5-10-20(17-19)34(32,33)29-16-6-9-18-7-1-4-13-23(18)29/h1-5,7-8,10-13,17H,6,9,14-16H2,(H,27,30)(H,28,31). The van der Waals surface area contributed by atoms with Crippen LogP contribution in [-0.4, -0.2) is 39.9 Å². The van der Waals surface area contributed by atoms with E-state index in [-0.39, 0.29) is 29.5 Å². The van der Waals surface area contributed by atoms with Crippen LogP contribution in [0.2, 0.25) is 5.02 Å². The van der Waals surface area contributed by atoms with Crippen molar-refractivity contribution in [2.24, 2.45) is 0 Å². The summed E-state index contributed by atoms with van der Waals surface area (Å²) >= 11 is 6.01. The summed E-state index contributed by atoms with van der Waals surface area (Å²) < 4.78 is 28.1. The summed E-state index contributed by atoms with van der Waals surface area (Å²) in [6.07, 6.45) is 1.56. The van der Waals surface area contributed by atoms with Crippen molar-refractivity contribution < 1.29 is 18.0 Å². The normalized spacial score (nSPS) is 13.1. The van der Waals surface area contributed by atoms with Crippen LogP contribution >= 0.6 is 11.6 Å². The molecule has 1 aliphatic heterocycles. The minimum atomic E-state index is -3.82. The second-order valence-corrected chi connectivity index (χ2v) is 10.1. The van der Waals surface area contributed by atoms with E-state index < -0.39 is 15.9 Å². The molecule has 2 amide bonds. The van der Waals surface area contributed by atoms with Gasteiger partial charge in [-0.15, -0.1) is 0 Å². The van der Waals surface area contributed by atoms with Gasteiger partial charge < -0.3 is 10.6 Å². The van der Waals surface area contributed by atoms with Crippen LogP contribution in [0.25, 0.3) is 0 Å². The van der Waals surface area contributed by atoms with Gasteiger partial charge in [-0.3, -0.25) is 13.9 Å². The molecule has 1 aliphatic rings. The molecular weight excluding hydrogens is 474 g/mol. The van der Waals surface area contributed by atoms with E-state index in [0.29, 0.717) is 22.8 Å². The molecule has 0 saturated carbocycles. The first-order chi connectivity index (χ1) is 16.4. The van der Waals surface area contributed by atoms with Gasteiger partial charge in [0.15, 0.2) is 0 Å². The van der Waals surface area contributed by atoms with Gasteiger partial charge in [0.2, 0.25) is 0 Å². The SMILES string of the molecule is O=C(NCCNC(=O)c1ccccc1Cl)c1cccc(S(=O)(=O)N2CCCc3ccccc32)c1. The van der Waals surface area contributed by atoms with E-state index >= 15 is 0 Å². The van der Waals surface area contributed by atoms with Crippen LogP contribution in [0.5, 0.6) is 0 Å². The van der Waals surface area contributed by atoms with Crippen molar-refractivity contribution in [3.05, 3.63) is 94.5 Å². The average Bonchev–Trinajstić information content (AvgIpc) is 2.86. The molecule has 4 rings (SSSR count). The van der Waals surface area contributed by atoms with Gasteiger partial charge in [-0.2, -0.15) is 0 Å². The molecule has 176 valence electrons. The molecule has 0 aromatic heterocycles. The highest BCUT2D eigenvalue weighted by Gasteiger charge is 2.29. The van der Waals surface area contributed by atoms with E-state index in [1.165, 1.54) is 16.4 Å². The topological polar surface area (TPSA) is 95.6 Å². The Labute approximate surface area is 203 Å². The quantitative estimate of drug-likeness (QED) is 0.487. The van der Waals surface area contributed by atoms with Crippen LogP contribution < -0.4 is 14.9 Å². The molecule has 0 aliphatic carbocycles. The Morgan fingerprint density at radius 1 is 0.882 bits per heavy atom. The number of amides is 2. The van der Waals surface area contributed by atoms with E-state index in [2.05, 4.69) is 10.6 Å². The summed E-state index contributed by atoms with van der Waals surface area (Å²) in [5, 5.41) is 5.74. The van der Waals surface area contributed by atoms with Crippen LogP contribution in [0.1, 0.15) is 32.7 Å². The van der Waals surface area contributed by atoms with Crippen molar-refractivity contribution in [3.8, 4) is 0 Å². The smallest absolute Gasteiger partial charge is 0.264 e. The largest absolute Gasteiger partial charge is 0.350 e. The molecule has 0 saturated heterocycles. The fraction of sp³-hybridized carbons (Fsp3) is 0.200. The van der Waals surface area contributed by atoms with Crippen molar-refractivity contribution in [1.82, 2.24) is 10.6 Å². The summed E-state index contributed by atoms with van der Waals surface area (Å²) in [5.74, 6) is -0.766. The fourth-order valence-electron chi connectivity index (χ4n) is 3.87. The Balaban J connectivity index is 1.40. The number of rotatable bonds is 7. The predicted octanol–water partition coefficient (Wildman–Crippen LogP) is 3.64. The highest BCUT2D eigenvalue weighted by Crippen LogP contribution is 2.31.